The van der Waals surface area contributed by atoms with Crippen molar-refractivity contribution in [1.82, 2.24) is 10.2 Å². The SMILES string of the molecule is CC1(OC(=O)Nc2ccccc2-c2ccccc2)CCN(CCC(=O)Nc2ccc(CNCC(O)c3ccc(O)c(NC=O)c3)cc2)CC1. The van der Waals surface area contributed by atoms with E-state index in [0.717, 1.165) is 29.8 Å². The lowest BCUT2D eigenvalue weighted by molar-refractivity contribution is -0.116. The van der Waals surface area contributed by atoms with E-state index in [2.05, 4.69) is 26.2 Å². The molecule has 3 amide bonds. The Balaban J connectivity index is 0.998. The number of phenolic OH excluding ortho intramolecular Hbond substituents is 1. The predicted molar refractivity (Wildman–Crippen MR) is 190 cm³/mol. The predicted octanol–water partition coefficient (Wildman–Crippen LogP) is 5.88. The smallest absolute Gasteiger partial charge is 0.412 e. The molecule has 0 spiro atoms. The van der Waals surface area contributed by atoms with Gasteiger partial charge in [-0.3, -0.25) is 14.9 Å². The molecule has 1 aliphatic rings. The molecule has 0 aromatic heterocycles. The molecule has 0 radical (unpaired) electrons. The lowest BCUT2D eigenvalue weighted by Crippen LogP contribution is -2.46. The average molecular weight is 666 g/mol. The summed E-state index contributed by atoms with van der Waals surface area (Å²) in [6.45, 7) is 4.78. The second-order valence-electron chi connectivity index (χ2n) is 12.4. The highest BCUT2D eigenvalue weighted by atomic mass is 16.6. The maximum Gasteiger partial charge on any atom is 0.412 e. The van der Waals surface area contributed by atoms with E-state index in [1.807, 2.05) is 85.8 Å². The molecule has 6 N–H and O–H groups in total. The summed E-state index contributed by atoms with van der Waals surface area (Å²) in [5, 5.41) is 31.7. The van der Waals surface area contributed by atoms with Gasteiger partial charge in [-0.1, -0.05) is 66.7 Å². The molecule has 5 rings (SSSR count). The molecular formula is C38H43N5O6. The number of carbonyl (C=O) groups excluding carboxylic acids is 3. The normalized spacial score (nSPS) is 14.7. The Kier molecular flexibility index (Phi) is 12.0. The maximum atomic E-state index is 12.9. The van der Waals surface area contributed by atoms with E-state index in [1.54, 1.807) is 6.07 Å². The van der Waals surface area contributed by atoms with Crippen LogP contribution in [0.15, 0.2) is 97.1 Å². The highest BCUT2D eigenvalue weighted by molar-refractivity contribution is 5.92. The first-order valence-electron chi connectivity index (χ1n) is 16.4. The van der Waals surface area contributed by atoms with Crippen molar-refractivity contribution < 1.29 is 29.3 Å². The van der Waals surface area contributed by atoms with E-state index in [0.29, 0.717) is 55.7 Å². The number of piperidine rings is 1. The number of hydrogen-bond acceptors (Lipinski definition) is 8. The summed E-state index contributed by atoms with van der Waals surface area (Å²) in [4.78, 5) is 38.5. The number of aliphatic hydroxyl groups excluding tert-OH is 1. The van der Waals surface area contributed by atoms with Gasteiger partial charge >= 0.3 is 6.09 Å². The molecule has 1 aliphatic heterocycles. The topological polar surface area (TPSA) is 152 Å². The zero-order valence-corrected chi connectivity index (χ0v) is 27.5. The van der Waals surface area contributed by atoms with Gasteiger partial charge in [0.15, 0.2) is 0 Å². The number of para-hydroxylation sites is 1. The highest BCUT2D eigenvalue weighted by Crippen LogP contribution is 2.30. The summed E-state index contributed by atoms with van der Waals surface area (Å²) >= 11 is 0. The van der Waals surface area contributed by atoms with Crippen LogP contribution >= 0.6 is 0 Å². The Bertz CT molecular complexity index is 1710. The third-order valence-corrected chi connectivity index (χ3v) is 8.68. The standard InChI is InChI=1S/C38H43N5O6/c1-38(49-37(48)42-32-10-6-5-9-31(32)28-7-3-2-4-8-28)18-21-43(22-19-38)20-17-36(47)41-30-14-11-27(12-15-30)24-39-25-35(46)29-13-16-34(45)33(23-29)40-26-44/h2-16,23,26,35,39,45-46H,17-22,24-25H2,1H3,(H,40,44)(H,41,47)(H,42,48). The molecule has 0 saturated carbocycles. The van der Waals surface area contributed by atoms with Crippen LogP contribution in [0.1, 0.15) is 43.4 Å². The molecule has 11 heteroatoms. The molecule has 1 saturated heterocycles. The van der Waals surface area contributed by atoms with Gasteiger partial charge in [0, 0.05) is 50.4 Å². The van der Waals surface area contributed by atoms with Gasteiger partial charge in [0.05, 0.1) is 17.5 Å². The summed E-state index contributed by atoms with van der Waals surface area (Å²) < 4.78 is 5.91. The Morgan fingerprint density at radius 3 is 2.37 bits per heavy atom. The number of nitrogens with zero attached hydrogens (tertiary/aromatic N) is 1. The van der Waals surface area contributed by atoms with Crippen LogP contribution < -0.4 is 21.3 Å². The summed E-state index contributed by atoms with van der Waals surface area (Å²) in [5.74, 6) is -0.152. The number of phenols is 1. The Morgan fingerprint density at radius 1 is 0.918 bits per heavy atom. The minimum atomic E-state index is -0.833. The summed E-state index contributed by atoms with van der Waals surface area (Å²) in [6.07, 6.45) is 0.839. The van der Waals surface area contributed by atoms with Crippen molar-refractivity contribution in [2.24, 2.45) is 0 Å². The van der Waals surface area contributed by atoms with Crippen LogP contribution in [0.25, 0.3) is 11.1 Å². The van der Waals surface area contributed by atoms with Gasteiger partial charge in [0.25, 0.3) is 0 Å². The molecule has 49 heavy (non-hydrogen) atoms. The quantitative estimate of drug-likeness (QED) is 0.0722. The number of ether oxygens (including phenoxy) is 1. The van der Waals surface area contributed by atoms with Gasteiger partial charge < -0.3 is 35.8 Å². The summed E-state index contributed by atoms with van der Waals surface area (Å²) in [6, 6.07) is 29.6. The van der Waals surface area contributed by atoms with Crippen molar-refractivity contribution in [3.05, 3.63) is 108 Å². The Hall–Kier alpha value is -5.23. The van der Waals surface area contributed by atoms with Gasteiger partial charge in [-0.15, -0.1) is 0 Å². The number of likely N-dealkylation sites (tertiary alicyclic amines) is 1. The number of benzene rings is 4. The minimum Gasteiger partial charge on any atom is -0.506 e. The fourth-order valence-electron chi connectivity index (χ4n) is 5.77. The molecule has 0 aliphatic carbocycles. The zero-order chi connectivity index (χ0) is 34.6. The summed E-state index contributed by atoms with van der Waals surface area (Å²) in [7, 11) is 0. The van der Waals surface area contributed by atoms with E-state index in [9.17, 15) is 24.6 Å². The second kappa shape index (κ2) is 16.7. The fourth-order valence-corrected chi connectivity index (χ4v) is 5.77. The maximum absolute atomic E-state index is 12.9. The van der Waals surface area contributed by atoms with Crippen molar-refractivity contribution in [3.8, 4) is 16.9 Å². The number of aliphatic hydroxyl groups is 1. The average Bonchev–Trinajstić information content (AvgIpc) is 3.10. The van der Waals surface area contributed by atoms with Crippen molar-refractivity contribution >= 4 is 35.5 Å². The molecule has 256 valence electrons. The van der Waals surface area contributed by atoms with Gasteiger partial charge in [-0.05, 0) is 66.8 Å². The van der Waals surface area contributed by atoms with Gasteiger partial charge in [0.1, 0.15) is 11.4 Å². The molecule has 1 heterocycles. The van der Waals surface area contributed by atoms with Crippen molar-refractivity contribution in [2.45, 2.75) is 44.4 Å². The van der Waals surface area contributed by atoms with Crippen molar-refractivity contribution in [2.75, 3.05) is 42.1 Å². The van der Waals surface area contributed by atoms with Crippen LogP contribution in [-0.4, -0.2) is 65.3 Å². The van der Waals surface area contributed by atoms with E-state index >= 15 is 0 Å². The van der Waals surface area contributed by atoms with Crippen molar-refractivity contribution in [1.29, 1.82) is 0 Å². The number of carbonyl (C=O) groups is 3. The molecular weight excluding hydrogens is 622 g/mol. The van der Waals surface area contributed by atoms with Crippen LogP contribution in [0.5, 0.6) is 5.75 Å². The van der Waals surface area contributed by atoms with Crippen LogP contribution in [0, 0.1) is 0 Å². The van der Waals surface area contributed by atoms with Gasteiger partial charge in [0.2, 0.25) is 12.3 Å². The first kappa shape index (κ1) is 35.1. The minimum absolute atomic E-state index is 0.0759. The highest BCUT2D eigenvalue weighted by Gasteiger charge is 2.34. The van der Waals surface area contributed by atoms with Crippen LogP contribution in [0.4, 0.5) is 21.9 Å². The molecule has 0 bridgehead atoms. The monoisotopic (exact) mass is 665 g/mol. The molecule has 1 unspecified atom stereocenters. The van der Waals surface area contributed by atoms with E-state index in [-0.39, 0.29) is 23.9 Å². The van der Waals surface area contributed by atoms with Crippen LogP contribution in [0.3, 0.4) is 0 Å². The van der Waals surface area contributed by atoms with Crippen LogP contribution in [0.2, 0.25) is 0 Å². The summed E-state index contributed by atoms with van der Waals surface area (Å²) in [5.41, 5.74) is 4.51. The molecule has 1 atom stereocenters. The molecule has 4 aromatic rings. The molecule has 1 fully saturated rings. The third-order valence-electron chi connectivity index (χ3n) is 8.68. The number of hydrogen-bond donors (Lipinski definition) is 6. The first-order chi connectivity index (χ1) is 23.7. The number of nitrogens with one attached hydrogen (secondary N) is 4. The van der Waals surface area contributed by atoms with E-state index in [4.69, 9.17) is 4.74 Å². The fraction of sp³-hybridized carbons (Fsp3) is 0.289. The second-order valence-corrected chi connectivity index (χ2v) is 12.4. The number of amides is 3. The largest absolute Gasteiger partial charge is 0.506 e. The third kappa shape index (κ3) is 10.1. The Morgan fingerprint density at radius 2 is 1.63 bits per heavy atom. The lowest BCUT2D eigenvalue weighted by atomic mass is 9.93. The molecule has 4 aromatic carbocycles. The number of aromatic hydroxyl groups is 1. The van der Waals surface area contributed by atoms with Crippen LogP contribution in [-0.2, 0) is 20.9 Å². The molecule has 11 nitrogen and oxygen atoms in total. The van der Waals surface area contributed by atoms with Gasteiger partial charge in [-0.2, -0.15) is 0 Å². The van der Waals surface area contributed by atoms with E-state index < -0.39 is 17.8 Å². The Labute approximate surface area is 286 Å². The number of anilines is 3. The van der Waals surface area contributed by atoms with E-state index in [1.165, 1.54) is 12.1 Å². The zero-order valence-electron chi connectivity index (χ0n) is 27.5. The number of rotatable bonds is 14. The van der Waals surface area contributed by atoms with Gasteiger partial charge in [-0.25, -0.2) is 4.79 Å². The van der Waals surface area contributed by atoms with Crippen molar-refractivity contribution in [3.63, 3.8) is 0 Å². The lowest BCUT2D eigenvalue weighted by Gasteiger charge is -2.38. The first-order valence-corrected chi connectivity index (χ1v) is 16.4.